The summed E-state index contributed by atoms with van der Waals surface area (Å²) in [6.07, 6.45) is 1.59. The van der Waals surface area contributed by atoms with Gasteiger partial charge in [-0.05, 0) is 24.3 Å². The van der Waals surface area contributed by atoms with Crippen molar-refractivity contribution in [3.8, 4) is 11.5 Å². The van der Waals surface area contributed by atoms with Gasteiger partial charge in [-0.25, -0.2) is 9.98 Å². The minimum absolute atomic E-state index is 0.122. The number of para-hydroxylation sites is 2. The van der Waals surface area contributed by atoms with Gasteiger partial charge >= 0.3 is 0 Å². The van der Waals surface area contributed by atoms with Gasteiger partial charge in [0.25, 0.3) is 0 Å². The third-order valence-corrected chi connectivity index (χ3v) is 3.32. The van der Waals surface area contributed by atoms with E-state index in [0.717, 1.165) is 11.0 Å². The topological polar surface area (TPSA) is 59.6 Å². The maximum Gasteiger partial charge on any atom is 0.230 e. The maximum atomic E-state index is 9.91. The second-order valence-corrected chi connectivity index (χ2v) is 4.64. The van der Waals surface area contributed by atoms with Gasteiger partial charge in [0.1, 0.15) is 11.5 Å². The van der Waals surface area contributed by atoms with Crippen molar-refractivity contribution in [2.24, 2.45) is 12.0 Å². The van der Waals surface area contributed by atoms with Crippen LogP contribution in [0.1, 0.15) is 5.56 Å². The van der Waals surface area contributed by atoms with Crippen molar-refractivity contribution in [1.29, 1.82) is 0 Å². The number of phenols is 1. The molecule has 0 unspecified atom stereocenters. The van der Waals surface area contributed by atoms with Crippen molar-refractivity contribution in [2.75, 3.05) is 7.11 Å². The number of ether oxygens (including phenoxy) is 1. The Morgan fingerprint density at radius 2 is 2.05 bits per heavy atom. The van der Waals surface area contributed by atoms with Gasteiger partial charge in [-0.15, -0.1) is 0 Å². The largest absolute Gasteiger partial charge is 0.507 e. The lowest BCUT2D eigenvalue weighted by atomic mass is 10.2. The molecule has 21 heavy (non-hydrogen) atoms. The van der Waals surface area contributed by atoms with Crippen molar-refractivity contribution in [2.45, 2.75) is 0 Å². The average molecular weight is 281 g/mol. The highest BCUT2D eigenvalue weighted by Crippen LogP contribution is 2.23. The molecule has 0 spiro atoms. The zero-order valence-electron chi connectivity index (χ0n) is 11.8. The molecular weight excluding hydrogens is 266 g/mol. The molecule has 3 rings (SSSR count). The molecule has 5 nitrogen and oxygen atoms in total. The fraction of sp³-hybridized carbons (Fsp3) is 0.125. The predicted molar refractivity (Wildman–Crippen MR) is 82.6 cm³/mol. The number of phenolic OH excluding ortho intramolecular Hbond substituents is 1. The van der Waals surface area contributed by atoms with E-state index in [-0.39, 0.29) is 5.75 Å². The molecule has 0 aliphatic rings. The van der Waals surface area contributed by atoms with Crippen molar-refractivity contribution < 1.29 is 9.84 Å². The number of imidazole rings is 1. The van der Waals surface area contributed by atoms with Gasteiger partial charge in [-0.1, -0.05) is 12.1 Å². The fourth-order valence-corrected chi connectivity index (χ4v) is 2.14. The lowest BCUT2D eigenvalue weighted by Crippen LogP contribution is -1.89. The van der Waals surface area contributed by atoms with Crippen molar-refractivity contribution >= 4 is 23.2 Å². The van der Waals surface area contributed by atoms with Crippen LogP contribution in [0.4, 0.5) is 5.95 Å². The fourth-order valence-electron chi connectivity index (χ4n) is 2.14. The lowest BCUT2D eigenvalue weighted by Gasteiger charge is -2.02. The van der Waals surface area contributed by atoms with E-state index in [1.807, 2.05) is 35.9 Å². The monoisotopic (exact) mass is 281 g/mol. The van der Waals surface area contributed by atoms with Crippen LogP contribution < -0.4 is 4.74 Å². The van der Waals surface area contributed by atoms with E-state index in [0.29, 0.717) is 17.3 Å². The number of aromatic nitrogens is 2. The van der Waals surface area contributed by atoms with Gasteiger partial charge in [0.05, 0.1) is 18.1 Å². The Morgan fingerprint density at radius 1 is 1.24 bits per heavy atom. The molecule has 1 aromatic heterocycles. The van der Waals surface area contributed by atoms with Gasteiger partial charge < -0.3 is 14.4 Å². The van der Waals surface area contributed by atoms with E-state index in [4.69, 9.17) is 4.74 Å². The van der Waals surface area contributed by atoms with E-state index in [1.54, 1.807) is 31.5 Å². The van der Waals surface area contributed by atoms with E-state index in [1.165, 1.54) is 0 Å². The molecule has 106 valence electrons. The van der Waals surface area contributed by atoms with Gasteiger partial charge in [-0.2, -0.15) is 0 Å². The second-order valence-electron chi connectivity index (χ2n) is 4.64. The number of fused-ring (bicyclic) bond motifs is 1. The first-order valence-electron chi connectivity index (χ1n) is 6.51. The SMILES string of the molecule is COc1ccc(C=Nc2nc3ccccc3n2C)c(O)c1. The molecule has 0 aliphatic carbocycles. The Labute approximate surface area is 122 Å². The summed E-state index contributed by atoms with van der Waals surface area (Å²) in [6.45, 7) is 0. The van der Waals surface area contributed by atoms with Crippen LogP contribution in [0.3, 0.4) is 0 Å². The average Bonchev–Trinajstić information content (AvgIpc) is 2.83. The summed E-state index contributed by atoms with van der Waals surface area (Å²) in [7, 11) is 3.47. The number of hydrogen-bond donors (Lipinski definition) is 1. The second kappa shape index (κ2) is 5.28. The van der Waals surface area contributed by atoms with Crippen molar-refractivity contribution in [3.63, 3.8) is 0 Å². The summed E-state index contributed by atoms with van der Waals surface area (Å²) < 4.78 is 6.96. The molecule has 0 radical (unpaired) electrons. The quantitative estimate of drug-likeness (QED) is 0.751. The smallest absolute Gasteiger partial charge is 0.230 e. The van der Waals surface area contributed by atoms with Crippen molar-refractivity contribution in [1.82, 2.24) is 9.55 Å². The Morgan fingerprint density at radius 3 is 2.76 bits per heavy atom. The van der Waals surface area contributed by atoms with Crippen LogP contribution in [0.2, 0.25) is 0 Å². The maximum absolute atomic E-state index is 9.91. The highest BCUT2D eigenvalue weighted by molar-refractivity contribution is 5.86. The number of hydrogen-bond acceptors (Lipinski definition) is 4. The van der Waals surface area contributed by atoms with E-state index in [2.05, 4.69) is 9.98 Å². The van der Waals surface area contributed by atoms with Crippen LogP contribution in [-0.4, -0.2) is 28.0 Å². The van der Waals surface area contributed by atoms with Crippen LogP contribution in [0.15, 0.2) is 47.5 Å². The van der Waals surface area contributed by atoms with E-state index < -0.39 is 0 Å². The molecule has 2 aromatic carbocycles. The summed E-state index contributed by atoms with van der Waals surface area (Å²) in [5.74, 6) is 1.32. The van der Waals surface area contributed by atoms with Crippen LogP contribution >= 0.6 is 0 Å². The first kappa shape index (κ1) is 13.2. The molecule has 1 N–H and O–H groups in total. The van der Waals surface area contributed by atoms with Crippen LogP contribution in [0, 0.1) is 0 Å². The van der Waals surface area contributed by atoms with Crippen LogP contribution in [0.25, 0.3) is 11.0 Å². The number of methoxy groups -OCH3 is 1. The first-order valence-corrected chi connectivity index (χ1v) is 6.51. The number of rotatable bonds is 3. The van der Waals surface area contributed by atoms with Gasteiger partial charge in [0.2, 0.25) is 5.95 Å². The Bertz CT molecular complexity index is 822. The van der Waals surface area contributed by atoms with E-state index >= 15 is 0 Å². The summed E-state index contributed by atoms with van der Waals surface area (Å²) >= 11 is 0. The van der Waals surface area contributed by atoms with Gasteiger partial charge in [0.15, 0.2) is 0 Å². The summed E-state index contributed by atoms with van der Waals surface area (Å²) in [4.78, 5) is 8.81. The van der Waals surface area contributed by atoms with Gasteiger partial charge in [0, 0.05) is 24.9 Å². The molecule has 0 saturated carbocycles. The molecule has 0 atom stereocenters. The zero-order valence-corrected chi connectivity index (χ0v) is 11.8. The molecule has 0 bridgehead atoms. The number of benzene rings is 2. The molecule has 3 aromatic rings. The summed E-state index contributed by atoms with van der Waals surface area (Å²) in [5.41, 5.74) is 2.53. The van der Waals surface area contributed by atoms with Crippen LogP contribution in [-0.2, 0) is 7.05 Å². The molecule has 5 heteroatoms. The Kier molecular flexibility index (Phi) is 3.31. The summed E-state index contributed by atoms with van der Waals surface area (Å²) in [5, 5.41) is 9.91. The minimum Gasteiger partial charge on any atom is -0.507 e. The molecular formula is C16H15N3O2. The number of aromatic hydroxyl groups is 1. The highest BCUT2D eigenvalue weighted by atomic mass is 16.5. The normalized spacial score (nSPS) is 11.3. The zero-order chi connectivity index (χ0) is 14.8. The molecule has 0 fully saturated rings. The molecule has 0 amide bonds. The first-order chi connectivity index (χ1) is 10.2. The Hall–Kier alpha value is -2.82. The van der Waals surface area contributed by atoms with Crippen molar-refractivity contribution in [3.05, 3.63) is 48.0 Å². The van der Waals surface area contributed by atoms with Gasteiger partial charge in [-0.3, -0.25) is 0 Å². The summed E-state index contributed by atoms with van der Waals surface area (Å²) in [6, 6.07) is 12.9. The number of nitrogens with zero attached hydrogens (tertiary/aromatic N) is 3. The van der Waals surface area contributed by atoms with Crippen LogP contribution in [0.5, 0.6) is 11.5 Å². The molecule has 0 aliphatic heterocycles. The lowest BCUT2D eigenvalue weighted by molar-refractivity contribution is 0.407. The minimum atomic E-state index is 0.122. The molecule has 0 saturated heterocycles. The Balaban J connectivity index is 1.96. The molecule has 1 heterocycles. The standard InChI is InChI=1S/C16H15N3O2/c1-19-14-6-4-3-5-13(14)18-16(19)17-10-11-7-8-12(21-2)9-15(11)20/h3-10,20H,1-2H3. The highest BCUT2D eigenvalue weighted by Gasteiger charge is 2.06. The third kappa shape index (κ3) is 2.45. The number of aliphatic imine (C=N–C) groups is 1. The third-order valence-electron chi connectivity index (χ3n) is 3.32. The van der Waals surface area contributed by atoms with E-state index in [9.17, 15) is 5.11 Å². The number of aryl methyl sites for hydroxylation is 1. The predicted octanol–water partition coefficient (Wildman–Crippen LogP) is 3.04.